The van der Waals surface area contributed by atoms with Crippen LogP contribution in [0.4, 0.5) is 22.7 Å². The number of phenols is 2. The van der Waals surface area contributed by atoms with Gasteiger partial charge in [-0.2, -0.15) is 0 Å². The first-order valence-corrected chi connectivity index (χ1v) is 50.0. The Morgan fingerprint density at radius 3 is 0.595 bits per heavy atom. The zero-order chi connectivity index (χ0) is 100. The lowest BCUT2D eigenvalue weighted by Gasteiger charge is -2.53. The number of hydrogen-bond donors (Lipinski definition) is 6. The van der Waals surface area contributed by atoms with Gasteiger partial charge in [-0.05, 0) is 232 Å². The number of fused-ring (bicyclic) bond motifs is 2. The molecule has 0 saturated carbocycles. The van der Waals surface area contributed by atoms with Crippen LogP contribution in [0.2, 0.25) is 0 Å². The maximum atomic E-state index is 16.0. The number of rotatable bonds is 28. The fourth-order valence-electron chi connectivity index (χ4n) is 27.4. The molecule has 0 radical (unpaired) electrons. The Labute approximate surface area is 847 Å². The maximum Gasteiger partial charge on any atom is 0.241 e. The van der Waals surface area contributed by atoms with E-state index in [1.165, 1.54) is 43.9 Å². The summed E-state index contributed by atoms with van der Waals surface area (Å²) in [6, 6.07) is 101. The van der Waals surface area contributed by atoms with E-state index in [1.807, 2.05) is 218 Å². The number of carbonyl (C=O) groups is 8. The largest absolute Gasteiger partial charge is 0.508 e. The average molecular weight is 1970 g/mol. The Hall–Kier alpha value is -16.1. The van der Waals surface area contributed by atoms with E-state index in [9.17, 15) is 49.8 Å². The third-order valence-electron chi connectivity index (χ3n) is 33.1. The number of ether oxygens (including phenoxy) is 8. The zero-order valence-corrected chi connectivity index (χ0v) is 79.2. The molecule has 12 aliphatic carbocycles. The van der Waals surface area contributed by atoms with Crippen LogP contribution in [0.3, 0.4) is 0 Å². The third-order valence-corrected chi connectivity index (χ3v) is 33.1. The number of aliphatic hydroxyl groups is 4. The first-order chi connectivity index (χ1) is 72.2. The SMILES string of the molecule is O=C1C2C3c4ccccc4C(OCC(O)COc4ccc5ccc(OCC(O)COC67c8ccccc8C(c8ccccc86)C6C(=O)N(c8ccc(N9C(=O)C%10C%11c%12ccccc%12C(OCC(O)COc%12ccc%13ccc(OCC(O)COC%14%15c%16ccccc%16C(c%16ccccc%16%14)C%14C(=O)N(c%16ccc(O)cc%16)C(=O)C%14%15)cc%13c%12)(c%12ccccc%12%11)C%10C9=O)cc8)C(=O)C67)cc5c4)(c4ccccc43)C2C(=O)N1c1ccc(O)cc1. The van der Waals surface area contributed by atoms with E-state index in [0.29, 0.717) is 67.4 Å². The lowest BCUT2D eigenvalue weighted by Crippen LogP contribution is -2.55. The molecule has 0 aromatic heterocycles. The van der Waals surface area contributed by atoms with Crippen molar-refractivity contribution in [1.82, 2.24) is 0 Å². The number of imide groups is 4. The van der Waals surface area contributed by atoms with Crippen LogP contribution < -0.4 is 38.5 Å². The van der Waals surface area contributed by atoms with E-state index in [-0.39, 0.29) is 87.5 Å². The number of hydrogen-bond acceptors (Lipinski definition) is 22. The second-order valence-electron chi connectivity index (χ2n) is 40.6. The van der Waals surface area contributed by atoms with Gasteiger partial charge in [-0.1, -0.05) is 218 Å². The molecule has 148 heavy (non-hydrogen) atoms. The molecule has 734 valence electrons. The van der Waals surface area contributed by atoms with Crippen LogP contribution in [0.1, 0.15) is 113 Å². The minimum atomic E-state index is -1.61. The molecule has 26 heteroatoms. The summed E-state index contributed by atoms with van der Waals surface area (Å²) in [5.41, 5.74) is 7.22. The highest BCUT2D eigenvalue weighted by atomic mass is 16.5. The van der Waals surface area contributed by atoms with Crippen LogP contribution in [0, 0.1) is 47.3 Å². The lowest BCUT2D eigenvalue weighted by molar-refractivity contribution is -0.149. The predicted octanol–water partition coefficient (Wildman–Crippen LogP) is 15.3. The Kier molecular flexibility index (Phi) is 21.0. The number of carbonyl (C=O) groups excluding carboxylic acids is 8. The molecule has 12 unspecified atom stereocenters. The van der Waals surface area contributed by atoms with E-state index in [4.69, 9.17) is 37.9 Å². The fourth-order valence-corrected chi connectivity index (χ4v) is 27.4. The molecule has 4 heterocycles. The van der Waals surface area contributed by atoms with Crippen molar-refractivity contribution in [3.8, 4) is 34.5 Å². The van der Waals surface area contributed by atoms with E-state index >= 15 is 19.2 Å². The number of aromatic hydroxyl groups is 2. The average Bonchev–Trinajstić information content (AvgIpc) is 1.43. The van der Waals surface area contributed by atoms with Crippen LogP contribution in [0.15, 0.2) is 340 Å². The standard InChI is InChI=1S/C122H94N4O22/c127-73-45-41-71(42-46-73)125-113(135)105-101-87-21-5-13-29-95(87)121(109(105)117(125)139,96-30-14-6-22-88(96)101)147-63-77(131)59-143-81-51-35-65-33-49-79(53-67(65)55-81)141-57-75(129)61-145-119-91-25-9-1-17-83(91)99(84-18-2-10-26-92(84)119)103-107(119)115(137)123(111(103)133)69-37-39-70(40-38-69)124-112(134)104-100-85-19-3-11-27-93(85)120(108(104)116(124)138,94-28-12-4-20-86(94)100)146-62-76(130)58-142-80-50-34-66-36-52-82(56-68(66)54-80)144-60-78(132)64-148-122-97-31-15-7-23-89(97)102(90-24-8-16-32-98(90)122)106-110(122)118(140)126(114(106)136)72-43-47-74(128)48-44-72/h1-56,75-78,99-110,127-132H,57-64H2. The number of anilines is 4. The molecule has 12 atom stereocenters. The minimum Gasteiger partial charge on any atom is -0.508 e. The summed E-state index contributed by atoms with van der Waals surface area (Å²) in [7, 11) is 0. The second-order valence-corrected chi connectivity index (χ2v) is 40.6. The van der Waals surface area contributed by atoms with Crippen LogP contribution >= 0.6 is 0 Å². The monoisotopic (exact) mass is 1970 g/mol. The Bertz CT molecular complexity index is 7470. The van der Waals surface area contributed by atoms with E-state index in [1.54, 1.807) is 97.1 Å². The summed E-state index contributed by atoms with van der Waals surface area (Å²) < 4.78 is 53.6. The smallest absolute Gasteiger partial charge is 0.241 e. The van der Waals surface area contributed by atoms with Crippen LogP contribution in [0.25, 0.3) is 21.5 Å². The van der Waals surface area contributed by atoms with Crippen molar-refractivity contribution in [1.29, 1.82) is 0 Å². The second kappa shape index (κ2) is 34.2. The van der Waals surface area contributed by atoms with Gasteiger partial charge >= 0.3 is 0 Å². The highest BCUT2D eigenvalue weighted by molar-refractivity contribution is 6.27. The van der Waals surface area contributed by atoms with Crippen molar-refractivity contribution < 1.29 is 107 Å². The highest BCUT2D eigenvalue weighted by Crippen LogP contribution is 2.71. The van der Waals surface area contributed by atoms with Crippen molar-refractivity contribution in [3.63, 3.8) is 0 Å². The van der Waals surface area contributed by atoms with Gasteiger partial charge in [0.25, 0.3) is 0 Å². The quantitative estimate of drug-likeness (QED) is 0.0248. The van der Waals surface area contributed by atoms with Gasteiger partial charge in [0.1, 0.15) is 108 Å². The van der Waals surface area contributed by atoms with Gasteiger partial charge in [-0.3, -0.25) is 38.4 Å². The molecule has 26 nitrogen and oxygen atoms in total. The van der Waals surface area contributed by atoms with Crippen molar-refractivity contribution in [2.24, 2.45) is 47.3 Å². The third kappa shape index (κ3) is 13.1. The van der Waals surface area contributed by atoms with Gasteiger partial charge in [0.15, 0.2) is 0 Å². The molecular weight excluding hydrogens is 1870 g/mol. The van der Waals surface area contributed by atoms with Crippen molar-refractivity contribution >= 4 is 91.6 Å². The first-order valence-electron chi connectivity index (χ1n) is 50.0. The summed E-state index contributed by atoms with van der Waals surface area (Å²) in [5.74, 6) is -11.9. The molecule has 6 N–H and O–H groups in total. The maximum absolute atomic E-state index is 16.0. The summed E-state index contributed by atoms with van der Waals surface area (Å²) in [5, 5.41) is 71.4. The summed E-state index contributed by atoms with van der Waals surface area (Å²) in [6.07, 6.45) is -5.01. The highest BCUT2D eigenvalue weighted by Gasteiger charge is 2.75. The van der Waals surface area contributed by atoms with Crippen LogP contribution in [0.5, 0.6) is 34.5 Å². The Balaban J connectivity index is 0.403. The minimum absolute atomic E-state index is 0.0115. The number of benzene rings is 15. The normalized spacial score (nSPS) is 26.4. The van der Waals surface area contributed by atoms with Gasteiger partial charge in [0.2, 0.25) is 47.3 Å². The molecule has 8 bridgehead atoms. The van der Waals surface area contributed by atoms with Gasteiger partial charge < -0.3 is 68.5 Å². The molecule has 15 aromatic rings. The van der Waals surface area contributed by atoms with Crippen LogP contribution in [-0.2, 0) is 79.7 Å². The molecular formula is C122H94N4O22. The van der Waals surface area contributed by atoms with Crippen molar-refractivity contribution in [3.05, 3.63) is 429 Å². The summed E-state index contributed by atoms with van der Waals surface area (Å²) >= 11 is 0. The number of nitrogens with zero attached hydrogens (tertiary/aromatic N) is 4. The molecule has 4 aliphatic heterocycles. The van der Waals surface area contributed by atoms with Gasteiger partial charge in [-0.25, -0.2) is 19.6 Å². The van der Waals surface area contributed by atoms with Gasteiger partial charge in [0, 0.05) is 23.7 Å². The summed E-state index contributed by atoms with van der Waals surface area (Å²) in [6.45, 7) is -2.18. The number of phenolic OH excluding ortho intramolecular Hbond substituents is 2. The number of amides is 8. The number of aliphatic hydroxyl groups excluding tert-OH is 4. The molecule has 0 spiro atoms. The van der Waals surface area contributed by atoms with Crippen molar-refractivity contribution in [2.75, 3.05) is 72.5 Å². The fraction of sp³-hybridized carbons (Fsp3) is 0.230. The zero-order valence-electron chi connectivity index (χ0n) is 79.2. The van der Waals surface area contributed by atoms with E-state index in [0.717, 1.165) is 77.5 Å². The summed E-state index contributed by atoms with van der Waals surface area (Å²) in [4.78, 5) is 127. The Morgan fingerprint density at radius 2 is 0.399 bits per heavy atom. The van der Waals surface area contributed by atoms with E-state index < -0.39 is 153 Å². The van der Waals surface area contributed by atoms with Gasteiger partial charge in [0.05, 0.1) is 96.5 Å². The molecule has 31 rings (SSSR count). The topological polar surface area (TPSA) is 345 Å². The lowest BCUT2D eigenvalue weighted by atomic mass is 9.52. The molecule has 8 amide bonds. The first kappa shape index (κ1) is 90.6. The van der Waals surface area contributed by atoms with Crippen molar-refractivity contribution in [2.45, 2.75) is 70.5 Å². The predicted molar refractivity (Wildman–Crippen MR) is 540 cm³/mol. The Morgan fingerprint density at radius 1 is 0.216 bits per heavy atom. The van der Waals surface area contributed by atoms with Gasteiger partial charge in [-0.15, -0.1) is 0 Å². The molecule has 4 fully saturated rings. The molecule has 16 aliphatic rings. The molecule has 15 aromatic carbocycles. The van der Waals surface area contributed by atoms with Crippen LogP contribution in [-0.4, -0.2) is 155 Å². The molecule has 4 saturated heterocycles. The van der Waals surface area contributed by atoms with E-state index in [2.05, 4.69) is 0 Å².